The first-order valence-corrected chi connectivity index (χ1v) is 10.3. The summed E-state index contributed by atoms with van der Waals surface area (Å²) in [5.41, 5.74) is 1.29. The summed E-state index contributed by atoms with van der Waals surface area (Å²) in [6.45, 7) is 3.71. The third kappa shape index (κ3) is 4.93. The standard InChI is InChI=1S/C18H22N2O4S/c1-25(22,23)14-15-4-6-16(7-5-15)18(21)20-10-8-19(9-11-20)13-17-3-2-12-24-17/h2-7,12H,8-11,13-14H2,1H3. The van der Waals surface area contributed by atoms with Crippen molar-refractivity contribution in [3.05, 3.63) is 59.5 Å². The Morgan fingerprint density at radius 1 is 1.08 bits per heavy atom. The molecule has 1 aromatic heterocycles. The van der Waals surface area contributed by atoms with E-state index < -0.39 is 9.84 Å². The number of hydrogen-bond donors (Lipinski definition) is 0. The van der Waals surface area contributed by atoms with Crippen LogP contribution in [0.25, 0.3) is 0 Å². The lowest BCUT2D eigenvalue weighted by Gasteiger charge is -2.34. The molecule has 0 atom stereocenters. The third-order valence-corrected chi connectivity index (χ3v) is 5.11. The van der Waals surface area contributed by atoms with Crippen LogP contribution in [0.4, 0.5) is 0 Å². The third-order valence-electron chi connectivity index (χ3n) is 4.25. The zero-order chi connectivity index (χ0) is 17.9. The monoisotopic (exact) mass is 362 g/mol. The molecular formula is C18H22N2O4S. The second-order valence-electron chi connectivity index (χ2n) is 6.41. The lowest BCUT2D eigenvalue weighted by molar-refractivity contribution is 0.0620. The first kappa shape index (κ1) is 17.7. The number of amides is 1. The molecular weight excluding hydrogens is 340 g/mol. The average Bonchev–Trinajstić information content (AvgIpc) is 3.07. The van der Waals surface area contributed by atoms with Gasteiger partial charge in [-0.1, -0.05) is 12.1 Å². The van der Waals surface area contributed by atoms with Crippen LogP contribution < -0.4 is 0 Å². The molecule has 25 heavy (non-hydrogen) atoms. The number of benzene rings is 1. The maximum Gasteiger partial charge on any atom is 0.253 e. The maximum atomic E-state index is 12.6. The molecule has 0 N–H and O–H groups in total. The Morgan fingerprint density at radius 2 is 1.76 bits per heavy atom. The molecule has 6 nitrogen and oxygen atoms in total. The molecule has 134 valence electrons. The number of furan rings is 1. The minimum absolute atomic E-state index is 0.00702. The van der Waals surface area contributed by atoms with Crippen LogP contribution in [-0.4, -0.2) is 56.6 Å². The molecule has 0 spiro atoms. The predicted octanol–water partition coefficient (Wildman–Crippen LogP) is 1.78. The number of piperazine rings is 1. The van der Waals surface area contributed by atoms with Gasteiger partial charge in [0.05, 0.1) is 18.6 Å². The van der Waals surface area contributed by atoms with Crippen molar-refractivity contribution in [3.63, 3.8) is 0 Å². The SMILES string of the molecule is CS(=O)(=O)Cc1ccc(C(=O)N2CCN(Cc3ccco3)CC2)cc1. The van der Waals surface area contributed by atoms with Gasteiger partial charge in [-0.05, 0) is 29.8 Å². The van der Waals surface area contributed by atoms with E-state index in [1.165, 1.54) is 6.26 Å². The summed E-state index contributed by atoms with van der Waals surface area (Å²) in [7, 11) is -3.07. The molecule has 1 fully saturated rings. The molecule has 1 aliphatic rings. The Kier molecular flexibility index (Phi) is 5.24. The van der Waals surface area contributed by atoms with Crippen LogP contribution in [0.1, 0.15) is 21.7 Å². The molecule has 0 aliphatic carbocycles. The zero-order valence-corrected chi connectivity index (χ0v) is 15.0. The Labute approximate surface area is 148 Å². The molecule has 0 saturated carbocycles. The van der Waals surface area contributed by atoms with Crippen molar-refractivity contribution >= 4 is 15.7 Å². The van der Waals surface area contributed by atoms with Gasteiger partial charge in [0, 0.05) is 38.0 Å². The number of rotatable bonds is 5. The maximum absolute atomic E-state index is 12.6. The van der Waals surface area contributed by atoms with Crippen molar-refractivity contribution in [1.82, 2.24) is 9.80 Å². The van der Waals surface area contributed by atoms with Crippen molar-refractivity contribution in [2.75, 3.05) is 32.4 Å². The van der Waals surface area contributed by atoms with Gasteiger partial charge in [0.2, 0.25) is 0 Å². The summed E-state index contributed by atoms with van der Waals surface area (Å²) < 4.78 is 28.0. The summed E-state index contributed by atoms with van der Waals surface area (Å²) in [4.78, 5) is 16.7. The highest BCUT2D eigenvalue weighted by Crippen LogP contribution is 2.13. The van der Waals surface area contributed by atoms with Gasteiger partial charge < -0.3 is 9.32 Å². The number of hydrogen-bond acceptors (Lipinski definition) is 5. The summed E-state index contributed by atoms with van der Waals surface area (Å²) >= 11 is 0. The number of sulfone groups is 1. The van der Waals surface area contributed by atoms with Gasteiger partial charge in [-0.3, -0.25) is 9.69 Å². The Bertz CT molecular complexity index is 805. The Balaban J connectivity index is 1.55. The van der Waals surface area contributed by atoms with Crippen molar-refractivity contribution in [2.24, 2.45) is 0 Å². The second kappa shape index (κ2) is 7.41. The lowest BCUT2D eigenvalue weighted by Crippen LogP contribution is -2.48. The molecule has 1 saturated heterocycles. The van der Waals surface area contributed by atoms with Crippen molar-refractivity contribution in [2.45, 2.75) is 12.3 Å². The van der Waals surface area contributed by atoms with Crippen molar-refractivity contribution in [3.8, 4) is 0 Å². The molecule has 0 bridgehead atoms. The summed E-state index contributed by atoms with van der Waals surface area (Å²) in [5.74, 6) is 0.914. The van der Waals surface area contributed by atoms with Crippen LogP contribution in [0.2, 0.25) is 0 Å². The molecule has 1 aliphatic heterocycles. The minimum atomic E-state index is -3.07. The van der Waals surface area contributed by atoms with E-state index in [0.717, 1.165) is 25.4 Å². The Morgan fingerprint density at radius 3 is 2.32 bits per heavy atom. The van der Waals surface area contributed by atoms with Crippen molar-refractivity contribution < 1.29 is 17.6 Å². The largest absolute Gasteiger partial charge is 0.468 e. The summed E-state index contributed by atoms with van der Waals surface area (Å²) in [5, 5.41) is 0. The highest BCUT2D eigenvalue weighted by molar-refractivity contribution is 7.89. The lowest BCUT2D eigenvalue weighted by atomic mass is 10.1. The molecule has 2 aromatic rings. The van der Waals surface area contributed by atoms with Crippen LogP contribution in [0.15, 0.2) is 47.1 Å². The number of carbonyl (C=O) groups is 1. The van der Waals surface area contributed by atoms with Crippen molar-refractivity contribution in [1.29, 1.82) is 0 Å². The van der Waals surface area contributed by atoms with Crippen LogP contribution in [0.3, 0.4) is 0 Å². The first-order chi connectivity index (χ1) is 11.9. The van der Waals surface area contributed by atoms with E-state index in [1.54, 1.807) is 30.5 Å². The van der Waals surface area contributed by atoms with Gasteiger partial charge in [-0.25, -0.2) is 8.42 Å². The van der Waals surface area contributed by atoms with Gasteiger partial charge in [0.15, 0.2) is 9.84 Å². The first-order valence-electron chi connectivity index (χ1n) is 8.21. The van der Waals surface area contributed by atoms with E-state index in [0.29, 0.717) is 24.2 Å². The fourth-order valence-electron chi connectivity index (χ4n) is 2.96. The normalized spacial score (nSPS) is 16.1. The van der Waals surface area contributed by atoms with E-state index in [2.05, 4.69) is 4.90 Å². The van der Waals surface area contributed by atoms with Gasteiger partial charge in [0.1, 0.15) is 5.76 Å². The fraction of sp³-hybridized carbons (Fsp3) is 0.389. The molecule has 3 rings (SSSR count). The molecule has 1 amide bonds. The van der Waals surface area contributed by atoms with E-state index in [-0.39, 0.29) is 11.7 Å². The van der Waals surface area contributed by atoms with Crippen LogP contribution >= 0.6 is 0 Å². The minimum Gasteiger partial charge on any atom is -0.468 e. The van der Waals surface area contributed by atoms with E-state index in [9.17, 15) is 13.2 Å². The number of carbonyl (C=O) groups excluding carboxylic acids is 1. The summed E-state index contributed by atoms with van der Waals surface area (Å²) in [6, 6.07) is 10.7. The van der Waals surface area contributed by atoms with E-state index in [4.69, 9.17) is 4.42 Å². The molecule has 7 heteroatoms. The average molecular weight is 362 g/mol. The van der Waals surface area contributed by atoms with Crippen LogP contribution in [-0.2, 0) is 22.1 Å². The topological polar surface area (TPSA) is 70.8 Å². The quantitative estimate of drug-likeness (QED) is 0.811. The van der Waals surface area contributed by atoms with E-state index in [1.807, 2.05) is 17.0 Å². The molecule has 1 aromatic carbocycles. The van der Waals surface area contributed by atoms with Crippen LogP contribution in [0.5, 0.6) is 0 Å². The van der Waals surface area contributed by atoms with Gasteiger partial charge in [-0.2, -0.15) is 0 Å². The summed E-state index contributed by atoms with van der Waals surface area (Å²) in [6.07, 6.45) is 2.87. The fourth-order valence-corrected chi connectivity index (χ4v) is 3.76. The smallest absolute Gasteiger partial charge is 0.253 e. The molecule has 0 radical (unpaired) electrons. The van der Waals surface area contributed by atoms with Gasteiger partial charge in [0.25, 0.3) is 5.91 Å². The van der Waals surface area contributed by atoms with Gasteiger partial charge >= 0.3 is 0 Å². The van der Waals surface area contributed by atoms with E-state index >= 15 is 0 Å². The highest BCUT2D eigenvalue weighted by Gasteiger charge is 2.22. The van der Waals surface area contributed by atoms with Gasteiger partial charge in [-0.15, -0.1) is 0 Å². The molecule has 0 unspecified atom stereocenters. The zero-order valence-electron chi connectivity index (χ0n) is 14.2. The predicted molar refractivity (Wildman–Crippen MR) is 94.9 cm³/mol. The molecule has 2 heterocycles. The number of nitrogens with zero attached hydrogens (tertiary/aromatic N) is 2. The highest BCUT2D eigenvalue weighted by atomic mass is 32.2. The Hall–Kier alpha value is -2.12. The second-order valence-corrected chi connectivity index (χ2v) is 8.55. The van der Waals surface area contributed by atoms with Crippen LogP contribution in [0, 0.1) is 0 Å².